The number of aryl methyl sites for hydroxylation is 1. The van der Waals surface area contributed by atoms with Crippen LogP contribution in [0.1, 0.15) is 49.3 Å². The standard InChI is InChI=1S/C32H40FN3O4S/c1-4-5-21-34-32(38)30(23-26-10-7-6-8-11-26)35(24-27-15-13-25(2)14-16-27)31(37)12-9-22-36(41(3,39)40)29-19-17-28(33)18-20-29/h6-8,10-11,13-20,30H,4-5,9,12,21-24H2,1-3H3,(H,34,38)/t30-/m1/s1. The quantitative estimate of drug-likeness (QED) is 0.249. The molecule has 0 heterocycles. The molecule has 3 aromatic rings. The number of nitrogens with zero attached hydrogens (tertiary/aromatic N) is 2. The lowest BCUT2D eigenvalue weighted by Gasteiger charge is -2.32. The highest BCUT2D eigenvalue weighted by atomic mass is 32.2. The Bertz CT molecular complexity index is 1360. The van der Waals surface area contributed by atoms with Crippen molar-refractivity contribution in [1.82, 2.24) is 10.2 Å². The summed E-state index contributed by atoms with van der Waals surface area (Å²) in [6.45, 7) is 4.84. The predicted molar refractivity (Wildman–Crippen MR) is 161 cm³/mol. The van der Waals surface area contributed by atoms with Crippen LogP contribution >= 0.6 is 0 Å². The van der Waals surface area contributed by atoms with Gasteiger partial charge >= 0.3 is 0 Å². The normalized spacial score (nSPS) is 12.0. The van der Waals surface area contributed by atoms with Crippen molar-refractivity contribution < 1.29 is 22.4 Å². The average Bonchev–Trinajstić information content (AvgIpc) is 2.94. The molecule has 7 nitrogen and oxygen atoms in total. The first-order chi connectivity index (χ1) is 19.6. The largest absolute Gasteiger partial charge is 0.354 e. The van der Waals surface area contributed by atoms with Crippen molar-refractivity contribution in [2.75, 3.05) is 23.7 Å². The Kier molecular flexibility index (Phi) is 11.9. The van der Waals surface area contributed by atoms with E-state index in [1.807, 2.05) is 68.4 Å². The van der Waals surface area contributed by atoms with Crippen LogP contribution in [0.15, 0.2) is 78.9 Å². The number of hydrogen-bond donors (Lipinski definition) is 1. The fraction of sp³-hybridized carbons (Fsp3) is 0.375. The fourth-order valence-corrected chi connectivity index (χ4v) is 5.53. The highest BCUT2D eigenvalue weighted by Crippen LogP contribution is 2.21. The molecule has 0 aromatic heterocycles. The zero-order valence-electron chi connectivity index (χ0n) is 24.1. The summed E-state index contributed by atoms with van der Waals surface area (Å²) >= 11 is 0. The third-order valence-electron chi connectivity index (χ3n) is 6.84. The number of sulfonamides is 1. The molecule has 0 spiro atoms. The molecule has 0 radical (unpaired) electrons. The molecular weight excluding hydrogens is 541 g/mol. The van der Waals surface area contributed by atoms with Gasteiger partial charge in [-0.2, -0.15) is 0 Å². The van der Waals surface area contributed by atoms with Crippen molar-refractivity contribution in [2.45, 2.75) is 58.5 Å². The second-order valence-corrected chi connectivity index (χ2v) is 12.2. The molecule has 0 aliphatic rings. The monoisotopic (exact) mass is 581 g/mol. The van der Waals surface area contributed by atoms with Crippen LogP contribution in [0.2, 0.25) is 0 Å². The van der Waals surface area contributed by atoms with E-state index in [1.54, 1.807) is 4.90 Å². The van der Waals surface area contributed by atoms with Gasteiger partial charge in [-0.15, -0.1) is 0 Å². The molecule has 220 valence electrons. The molecule has 0 fully saturated rings. The summed E-state index contributed by atoms with van der Waals surface area (Å²) in [6.07, 6.45) is 3.45. The number of benzene rings is 3. The van der Waals surface area contributed by atoms with Crippen LogP contribution in [0.5, 0.6) is 0 Å². The van der Waals surface area contributed by atoms with E-state index in [1.165, 1.54) is 28.6 Å². The van der Waals surface area contributed by atoms with Gasteiger partial charge in [0, 0.05) is 32.5 Å². The van der Waals surface area contributed by atoms with Crippen molar-refractivity contribution in [3.8, 4) is 0 Å². The van der Waals surface area contributed by atoms with Gasteiger partial charge in [-0.05, 0) is 55.2 Å². The minimum absolute atomic E-state index is 0.0343. The van der Waals surface area contributed by atoms with E-state index in [0.29, 0.717) is 18.7 Å². The summed E-state index contributed by atoms with van der Waals surface area (Å²) < 4.78 is 39.6. The van der Waals surface area contributed by atoms with Crippen LogP contribution < -0.4 is 9.62 Å². The summed E-state index contributed by atoms with van der Waals surface area (Å²) in [4.78, 5) is 28.9. The predicted octanol–water partition coefficient (Wildman–Crippen LogP) is 5.24. The zero-order valence-corrected chi connectivity index (χ0v) is 24.9. The number of halogens is 1. The molecular formula is C32H40FN3O4S. The first kappa shape index (κ1) is 31.8. The Labute approximate surface area is 243 Å². The van der Waals surface area contributed by atoms with Gasteiger partial charge in [-0.3, -0.25) is 13.9 Å². The van der Waals surface area contributed by atoms with Gasteiger partial charge in [0.15, 0.2) is 0 Å². The molecule has 9 heteroatoms. The van der Waals surface area contributed by atoms with Crippen LogP contribution in [0.25, 0.3) is 0 Å². The minimum atomic E-state index is -3.66. The summed E-state index contributed by atoms with van der Waals surface area (Å²) in [7, 11) is -3.66. The number of amides is 2. The van der Waals surface area contributed by atoms with Crippen molar-refractivity contribution in [3.63, 3.8) is 0 Å². The molecule has 0 bridgehead atoms. The third-order valence-corrected chi connectivity index (χ3v) is 8.04. The molecule has 2 amide bonds. The number of unbranched alkanes of at least 4 members (excludes halogenated alkanes) is 1. The fourth-order valence-electron chi connectivity index (χ4n) is 4.56. The van der Waals surface area contributed by atoms with E-state index in [0.717, 1.165) is 35.8 Å². The van der Waals surface area contributed by atoms with Crippen molar-refractivity contribution in [3.05, 3.63) is 101 Å². The highest BCUT2D eigenvalue weighted by molar-refractivity contribution is 7.92. The molecule has 0 aliphatic heterocycles. The number of nitrogens with one attached hydrogen (secondary N) is 1. The lowest BCUT2D eigenvalue weighted by molar-refractivity contribution is -0.141. The molecule has 0 aliphatic carbocycles. The SMILES string of the molecule is CCCCNC(=O)[C@@H](Cc1ccccc1)N(Cc1ccc(C)cc1)C(=O)CCCN(c1ccc(F)cc1)S(C)(=O)=O. The molecule has 41 heavy (non-hydrogen) atoms. The summed E-state index contributed by atoms with van der Waals surface area (Å²) in [6, 6.07) is 21.9. The van der Waals surface area contributed by atoms with Crippen molar-refractivity contribution in [2.24, 2.45) is 0 Å². The first-order valence-corrected chi connectivity index (χ1v) is 15.8. The van der Waals surface area contributed by atoms with Crippen molar-refractivity contribution >= 4 is 27.5 Å². The van der Waals surface area contributed by atoms with E-state index in [4.69, 9.17) is 0 Å². The van der Waals surface area contributed by atoms with Gasteiger partial charge < -0.3 is 10.2 Å². The Hall–Kier alpha value is -3.72. The first-order valence-electron chi connectivity index (χ1n) is 14.0. The molecule has 3 aromatic carbocycles. The molecule has 3 rings (SSSR count). The zero-order chi connectivity index (χ0) is 29.8. The number of anilines is 1. The molecule has 1 atom stereocenters. The van der Waals surface area contributed by atoms with Gasteiger partial charge in [-0.1, -0.05) is 73.5 Å². The molecule has 1 N–H and O–H groups in total. The number of rotatable bonds is 15. The lowest BCUT2D eigenvalue weighted by atomic mass is 10.0. The Morgan fingerprint density at radius 3 is 2.17 bits per heavy atom. The Morgan fingerprint density at radius 1 is 0.902 bits per heavy atom. The number of hydrogen-bond acceptors (Lipinski definition) is 4. The summed E-state index contributed by atoms with van der Waals surface area (Å²) in [5, 5.41) is 3.00. The summed E-state index contributed by atoms with van der Waals surface area (Å²) in [5.41, 5.74) is 3.25. The maximum atomic E-state index is 13.8. The lowest BCUT2D eigenvalue weighted by Crippen LogP contribution is -2.50. The highest BCUT2D eigenvalue weighted by Gasteiger charge is 2.30. The summed E-state index contributed by atoms with van der Waals surface area (Å²) in [5.74, 6) is -0.928. The van der Waals surface area contributed by atoms with E-state index in [9.17, 15) is 22.4 Å². The minimum Gasteiger partial charge on any atom is -0.354 e. The Morgan fingerprint density at radius 2 is 1.56 bits per heavy atom. The van der Waals surface area contributed by atoms with Gasteiger partial charge in [0.05, 0.1) is 11.9 Å². The maximum Gasteiger partial charge on any atom is 0.243 e. The van der Waals surface area contributed by atoms with Gasteiger partial charge in [-0.25, -0.2) is 12.8 Å². The third kappa shape index (κ3) is 10.0. The number of carbonyl (C=O) groups excluding carboxylic acids is 2. The van der Waals surface area contributed by atoms with Gasteiger partial charge in [0.25, 0.3) is 0 Å². The topological polar surface area (TPSA) is 86.8 Å². The Balaban J connectivity index is 1.86. The number of carbonyl (C=O) groups is 2. The molecule has 0 saturated carbocycles. The molecule has 0 unspecified atom stereocenters. The van der Waals surface area contributed by atoms with Gasteiger partial charge in [0.2, 0.25) is 21.8 Å². The van der Waals surface area contributed by atoms with Crippen LogP contribution in [-0.2, 0) is 32.6 Å². The molecule has 0 saturated heterocycles. The van der Waals surface area contributed by atoms with E-state index >= 15 is 0 Å². The average molecular weight is 582 g/mol. The van der Waals surface area contributed by atoms with E-state index in [2.05, 4.69) is 5.32 Å². The van der Waals surface area contributed by atoms with Crippen LogP contribution in [-0.4, -0.2) is 50.5 Å². The maximum absolute atomic E-state index is 13.8. The smallest absolute Gasteiger partial charge is 0.243 e. The second kappa shape index (κ2) is 15.3. The van der Waals surface area contributed by atoms with Crippen molar-refractivity contribution in [1.29, 1.82) is 0 Å². The van der Waals surface area contributed by atoms with E-state index < -0.39 is 21.9 Å². The van der Waals surface area contributed by atoms with Crippen LogP contribution in [0.3, 0.4) is 0 Å². The van der Waals surface area contributed by atoms with Crippen LogP contribution in [0.4, 0.5) is 10.1 Å². The van der Waals surface area contributed by atoms with Crippen LogP contribution in [0, 0.1) is 12.7 Å². The van der Waals surface area contributed by atoms with E-state index in [-0.39, 0.29) is 37.7 Å². The van der Waals surface area contributed by atoms with Gasteiger partial charge in [0.1, 0.15) is 11.9 Å². The second-order valence-electron chi connectivity index (χ2n) is 10.3.